The van der Waals surface area contributed by atoms with Gasteiger partial charge in [-0.1, -0.05) is 0 Å². The second kappa shape index (κ2) is 10.2. The van der Waals surface area contributed by atoms with E-state index in [9.17, 15) is 18.0 Å². The lowest BCUT2D eigenvalue weighted by atomic mass is 10.1. The number of alkyl halides is 3. The molecule has 4 heterocycles. The third kappa shape index (κ3) is 5.54. The SMILES string of the molecule is Cc1ncc(NC(=O)c2cc(N3CCN(C)CC3)cc(C(F)(F)F)c2)cc1N1C=C(c2cnn(C)c2C)NN1.[HH]. The topological polar surface area (TPSA) is 93.6 Å². The summed E-state index contributed by atoms with van der Waals surface area (Å²) in [5.41, 5.74) is 9.97. The van der Waals surface area contributed by atoms with Crippen molar-refractivity contribution in [2.75, 3.05) is 48.5 Å². The summed E-state index contributed by atoms with van der Waals surface area (Å²) in [6, 6.07) is 5.21. The van der Waals surface area contributed by atoms with Crippen LogP contribution in [-0.4, -0.2) is 58.8 Å². The maximum absolute atomic E-state index is 13.7. The zero-order valence-corrected chi connectivity index (χ0v) is 22.1. The van der Waals surface area contributed by atoms with E-state index in [2.05, 4.69) is 31.3 Å². The molecule has 0 spiro atoms. The Morgan fingerprint density at radius 1 is 1.05 bits per heavy atom. The number of hydrogen-bond donors (Lipinski definition) is 3. The van der Waals surface area contributed by atoms with E-state index in [-0.39, 0.29) is 6.99 Å². The fourth-order valence-corrected chi connectivity index (χ4v) is 4.53. The molecule has 0 bridgehead atoms. The van der Waals surface area contributed by atoms with E-state index in [1.807, 2.05) is 39.0 Å². The van der Waals surface area contributed by atoms with E-state index in [1.54, 1.807) is 22.0 Å². The Morgan fingerprint density at radius 3 is 2.46 bits per heavy atom. The molecule has 1 saturated heterocycles. The molecule has 10 nitrogen and oxygen atoms in total. The van der Waals surface area contributed by atoms with Crippen molar-refractivity contribution in [2.24, 2.45) is 7.05 Å². The lowest BCUT2D eigenvalue weighted by Crippen LogP contribution is -2.44. The number of amides is 1. The second-order valence-electron chi connectivity index (χ2n) is 9.76. The first-order valence-corrected chi connectivity index (χ1v) is 12.4. The van der Waals surface area contributed by atoms with Crippen LogP contribution in [0.5, 0.6) is 0 Å². The van der Waals surface area contributed by atoms with E-state index < -0.39 is 17.6 Å². The van der Waals surface area contributed by atoms with Gasteiger partial charge >= 0.3 is 6.18 Å². The van der Waals surface area contributed by atoms with E-state index in [0.717, 1.165) is 42.2 Å². The van der Waals surface area contributed by atoms with Gasteiger partial charge in [0.15, 0.2) is 0 Å². The minimum absolute atomic E-state index is 0. The van der Waals surface area contributed by atoms with Crippen LogP contribution < -0.4 is 26.2 Å². The third-order valence-electron chi connectivity index (χ3n) is 7.05. The molecule has 208 valence electrons. The molecule has 0 aliphatic carbocycles. The van der Waals surface area contributed by atoms with Gasteiger partial charge in [0.05, 0.1) is 40.7 Å². The van der Waals surface area contributed by atoms with Crippen LogP contribution in [0.1, 0.15) is 34.3 Å². The van der Waals surface area contributed by atoms with Crippen molar-refractivity contribution in [1.29, 1.82) is 0 Å². The largest absolute Gasteiger partial charge is 0.416 e. The van der Waals surface area contributed by atoms with Crippen LogP contribution in [0.15, 0.2) is 42.9 Å². The molecule has 2 aliphatic rings. The lowest BCUT2D eigenvalue weighted by molar-refractivity contribution is -0.137. The molecule has 1 aromatic carbocycles. The second-order valence-corrected chi connectivity index (χ2v) is 9.76. The number of likely N-dealkylation sites (N-methyl/N-ethyl adjacent to an activating group) is 1. The number of benzene rings is 1. The van der Waals surface area contributed by atoms with Gasteiger partial charge in [-0.3, -0.25) is 19.5 Å². The van der Waals surface area contributed by atoms with Gasteiger partial charge in [-0.05, 0) is 45.2 Å². The van der Waals surface area contributed by atoms with Crippen molar-refractivity contribution in [3.63, 3.8) is 0 Å². The Hall–Kier alpha value is -4.10. The lowest BCUT2D eigenvalue weighted by Gasteiger charge is -2.34. The molecule has 0 saturated carbocycles. The van der Waals surface area contributed by atoms with Crippen LogP contribution >= 0.6 is 0 Å². The molecule has 1 amide bonds. The van der Waals surface area contributed by atoms with E-state index >= 15 is 0 Å². The Labute approximate surface area is 225 Å². The predicted molar refractivity (Wildman–Crippen MR) is 145 cm³/mol. The summed E-state index contributed by atoms with van der Waals surface area (Å²) in [6.45, 7) is 6.39. The number of halogens is 3. The number of aromatic nitrogens is 3. The first-order valence-electron chi connectivity index (χ1n) is 12.4. The van der Waals surface area contributed by atoms with Crippen LogP contribution in [0.2, 0.25) is 0 Å². The first-order chi connectivity index (χ1) is 18.5. The quantitative estimate of drug-likeness (QED) is 0.450. The van der Waals surface area contributed by atoms with Gasteiger partial charge in [0.1, 0.15) is 0 Å². The minimum atomic E-state index is -4.58. The monoisotopic (exact) mass is 543 g/mol. The van der Waals surface area contributed by atoms with Crippen LogP contribution in [0.4, 0.5) is 30.2 Å². The maximum atomic E-state index is 13.7. The van der Waals surface area contributed by atoms with Gasteiger partial charge in [0, 0.05) is 63.4 Å². The first kappa shape index (κ1) is 26.5. The molecule has 0 atom stereocenters. The van der Waals surface area contributed by atoms with Gasteiger partial charge in [0.25, 0.3) is 5.91 Å². The van der Waals surface area contributed by atoms with Crippen molar-refractivity contribution >= 4 is 28.7 Å². The Bertz CT molecular complexity index is 1430. The van der Waals surface area contributed by atoms with Crippen molar-refractivity contribution in [2.45, 2.75) is 20.0 Å². The van der Waals surface area contributed by atoms with E-state index in [0.29, 0.717) is 35.8 Å². The number of rotatable bonds is 5. The number of hydrazine groups is 2. The Balaban J connectivity index is 0.00000370. The molecular formula is C26H32F3N9O. The molecule has 0 unspecified atom stereocenters. The van der Waals surface area contributed by atoms with Crippen molar-refractivity contribution in [3.8, 4) is 0 Å². The molecule has 5 rings (SSSR count). The molecule has 3 aromatic rings. The number of hydrogen-bond acceptors (Lipinski definition) is 8. The molecule has 3 N–H and O–H groups in total. The summed E-state index contributed by atoms with van der Waals surface area (Å²) in [6.07, 6.45) is 0.494. The summed E-state index contributed by atoms with van der Waals surface area (Å²) in [7, 11) is 3.83. The van der Waals surface area contributed by atoms with Crippen molar-refractivity contribution in [3.05, 3.63) is 70.9 Å². The van der Waals surface area contributed by atoms with Gasteiger partial charge < -0.3 is 20.5 Å². The van der Waals surface area contributed by atoms with E-state index in [1.165, 1.54) is 12.3 Å². The number of aryl methyl sites for hydroxylation is 2. The van der Waals surface area contributed by atoms with Crippen LogP contribution in [0, 0.1) is 13.8 Å². The zero-order valence-electron chi connectivity index (χ0n) is 22.1. The van der Waals surface area contributed by atoms with Gasteiger partial charge in [-0.2, -0.15) is 18.3 Å². The number of piperazine rings is 1. The minimum Gasteiger partial charge on any atom is -0.369 e. The van der Waals surface area contributed by atoms with Crippen LogP contribution in [0.25, 0.3) is 5.70 Å². The number of anilines is 3. The highest BCUT2D eigenvalue weighted by atomic mass is 19.4. The fraction of sp³-hybridized carbons (Fsp3) is 0.346. The highest BCUT2D eigenvalue weighted by Crippen LogP contribution is 2.34. The number of nitrogens with one attached hydrogen (secondary N) is 3. The smallest absolute Gasteiger partial charge is 0.369 e. The Morgan fingerprint density at radius 2 is 1.79 bits per heavy atom. The van der Waals surface area contributed by atoms with Crippen LogP contribution in [-0.2, 0) is 13.2 Å². The summed E-state index contributed by atoms with van der Waals surface area (Å²) < 4.78 is 42.9. The molecule has 2 aliphatic heterocycles. The van der Waals surface area contributed by atoms with Gasteiger partial charge in [0.2, 0.25) is 0 Å². The molecule has 13 heteroatoms. The third-order valence-corrected chi connectivity index (χ3v) is 7.05. The molecule has 1 fully saturated rings. The summed E-state index contributed by atoms with van der Waals surface area (Å²) in [5, 5.41) is 8.70. The molecule has 2 aromatic heterocycles. The highest BCUT2D eigenvalue weighted by molar-refractivity contribution is 6.05. The van der Waals surface area contributed by atoms with Crippen LogP contribution in [0.3, 0.4) is 0 Å². The predicted octanol–water partition coefficient (Wildman–Crippen LogP) is 3.53. The Kier molecular flexibility index (Phi) is 6.95. The fourth-order valence-electron chi connectivity index (χ4n) is 4.53. The van der Waals surface area contributed by atoms with Crippen molar-refractivity contribution in [1.82, 2.24) is 30.6 Å². The van der Waals surface area contributed by atoms with Gasteiger partial charge in [-0.25, -0.2) is 0 Å². The average molecular weight is 544 g/mol. The summed E-state index contributed by atoms with van der Waals surface area (Å²) >= 11 is 0. The average Bonchev–Trinajstić information content (AvgIpc) is 3.51. The number of carbonyl (C=O) groups excluding carboxylic acids is 1. The standard InChI is InChI=1S/C26H30F3N9O.H2/c1-16-24(38-15-23(33-34-38)22-14-31-36(4)17(22)2)12-20(13-30-16)32-25(39)18-9-19(26(27,28)29)11-21(10-18)37-7-5-35(3)6-8-37;/h9-15,33-34H,5-8H2,1-4H3,(H,32,39);1H. The van der Waals surface area contributed by atoms with Gasteiger partial charge in [-0.15, -0.1) is 5.53 Å². The maximum Gasteiger partial charge on any atom is 0.416 e. The normalized spacial score (nSPS) is 16.3. The van der Waals surface area contributed by atoms with E-state index in [4.69, 9.17) is 0 Å². The van der Waals surface area contributed by atoms with Crippen molar-refractivity contribution < 1.29 is 19.4 Å². The molecular weight excluding hydrogens is 511 g/mol. The number of nitrogens with zero attached hydrogens (tertiary/aromatic N) is 6. The number of carbonyl (C=O) groups is 1. The highest BCUT2D eigenvalue weighted by Gasteiger charge is 2.33. The summed E-state index contributed by atoms with van der Waals surface area (Å²) in [4.78, 5) is 21.5. The summed E-state index contributed by atoms with van der Waals surface area (Å²) in [5.74, 6) is -0.650. The molecule has 39 heavy (non-hydrogen) atoms. The zero-order chi connectivity index (χ0) is 27.9. The number of pyridine rings is 1. The molecule has 0 radical (unpaired) electrons.